The zero-order chi connectivity index (χ0) is 24.8. The molecule has 0 saturated carbocycles. The maximum absolute atomic E-state index is 13.1. The Morgan fingerprint density at radius 2 is 1.77 bits per heavy atom. The molecule has 1 aromatic heterocycles. The Balaban J connectivity index is 1.41. The van der Waals surface area contributed by atoms with Gasteiger partial charge in [0.1, 0.15) is 16.5 Å². The van der Waals surface area contributed by atoms with E-state index in [1.807, 2.05) is 24.3 Å². The number of anilines is 1. The standard InChI is InChI=1S/C24H28N4O5S2/c1-32-19-9-6-17(7-10-19)23-26-27-24(34-23)25-22(29)13-8-18-16-20(11-12-21(18)33-2)35(30,31)28-14-4-3-5-15-28/h6-7,9-12,16H,3-5,8,13-15H2,1-2H3,(H,25,27,29). The van der Waals surface area contributed by atoms with Crippen molar-refractivity contribution < 1.29 is 22.7 Å². The number of nitrogens with one attached hydrogen (secondary N) is 1. The summed E-state index contributed by atoms with van der Waals surface area (Å²) in [5.41, 5.74) is 1.54. The minimum absolute atomic E-state index is 0.140. The molecule has 0 radical (unpaired) electrons. The van der Waals surface area contributed by atoms with Gasteiger partial charge in [-0.3, -0.25) is 4.79 Å². The molecule has 1 aliphatic rings. The number of benzene rings is 2. The number of hydrogen-bond acceptors (Lipinski definition) is 8. The summed E-state index contributed by atoms with van der Waals surface area (Å²) in [7, 11) is -0.440. The molecule has 1 N–H and O–H groups in total. The average Bonchev–Trinajstić information content (AvgIpc) is 3.36. The maximum Gasteiger partial charge on any atom is 0.243 e. The van der Waals surface area contributed by atoms with Crippen LogP contribution in [0.25, 0.3) is 10.6 Å². The Hall–Kier alpha value is -3.02. The first kappa shape index (κ1) is 25.1. The fourth-order valence-corrected chi connectivity index (χ4v) is 6.25. The molecule has 1 fully saturated rings. The highest BCUT2D eigenvalue weighted by atomic mass is 32.2. The number of carbonyl (C=O) groups is 1. The van der Waals surface area contributed by atoms with Crippen molar-refractivity contribution in [3.8, 4) is 22.1 Å². The maximum atomic E-state index is 13.1. The monoisotopic (exact) mass is 516 g/mol. The second-order valence-electron chi connectivity index (χ2n) is 8.13. The Morgan fingerprint density at radius 1 is 1.03 bits per heavy atom. The molecule has 2 aromatic carbocycles. The van der Waals surface area contributed by atoms with E-state index in [0.29, 0.717) is 41.0 Å². The van der Waals surface area contributed by atoms with Gasteiger partial charge in [-0.25, -0.2) is 8.42 Å². The quantitative estimate of drug-likeness (QED) is 0.458. The Morgan fingerprint density at radius 3 is 2.46 bits per heavy atom. The summed E-state index contributed by atoms with van der Waals surface area (Å²) in [4.78, 5) is 12.8. The number of methoxy groups -OCH3 is 2. The molecule has 186 valence electrons. The van der Waals surface area contributed by atoms with Crippen molar-refractivity contribution in [1.82, 2.24) is 14.5 Å². The molecule has 0 unspecified atom stereocenters. The molecule has 2 heterocycles. The smallest absolute Gasteiger partial charge is 0.243 e. The predicted octanol–water partition coefficient (Wildman–Crippen LogP) is 3.97. The number of aryl methyl sites for hydroxylation is 1. The molecule has 11 heteroatoms. The number of hydrogen-bond donors (Lipinski definition) is 1. The van der Waals surface area contributed by atoms with Crippen molar-refractivity contribution in [1.29, 1.82) is 0 Å². The number of amides is 1. The Labute approximate surface area is 209 Å². The molecular weight excluding hydrogens is 488 g/mol. The summed E-state index contributed by atoms with van der Waals surface area (Å²) in [6.07, 6.45) is 3.25. The van der Waals surface area contributed by atoms with Gasteiger partial charge in [0.25, 0.3) is 0 Å². The summed E-state index contributed by atoms with van der Waals surface area (Å²) >= 11 is 1.27. The second-order valence-corrected chi connectivity index (χ2v) is 11.0. The van der Waals surface area contributed by atoms with E-state index in [9.17, 15) is 13.2 Å². The van der Waals surface area contributed by atoms with Crippen molar-refractivity contribution in [3.63, 3.8) is 0 Å². The van der Waals surface area contributed by atoms with Crippen molar-refractivity contribution >= 4 is 32.4 Å². The highest BCUT2D eigenvalue weighted by Gasteiger charge is 2.26. The molecule has 1 aliphatic heterocycles. The highest BCUT2D eigenvalue weighted by Crippen LogP contribution is 2.29. The minimum atomic E-state index is -3.57. The van der Waals surface area contributed by atoms with Crippen LogP contribution in [-0.4, -0.2) is 56.1 Å². The third kappa shape index (κ3) is 5.98. The van der Waals surface area contributed by atoms with Gasteiger partial charge in [-0.15, -0.1) is 10.2 Å². The zero-order valence-electron chi connectivity index (χ0n) is 19.7. The van der Waals surface area contributed by atoms with Gasteiger partial charge in [-0.1, -0.05) is 17.8 Å². The number of rotatable bonds is 9. The third-order valence-electron chi connectivity index (χ3n) is 5.83. The molecule has 0 spiro atoms. The predicted molar refractivity (Wildman–Crippen MR) is 134 cm³/mol. The summed E-state index contributed by atoms with van der Waals surface area (Å²) in [5.74, 6) is 1.05. The zero-order valence-corrected chi connectivity index (χ0v) is 21.3. The molecule has 0 aliphatic carbocycles. The van der Waals surface area contributed by atoms with E-state index in [4.69, 9.17) is 9.47 Å². The van der Waals surface area contributed by atoms with E-state index in [1.54, 1.807) is 25.3 Å². The summed E-state index contributed by atoms with van der Waals surface area (Å²) in [6.45, 7) is 1.07. The lowest BCUT2D eigenvalue weighted by Crippen LogP contribution is -2.35. The normalized spacial score (nSPS) is 14.5. The SMILES string of the molecule is COc1ccc(-c2nnc(NC(=O)CCc3cc(S(=O)(=O)N4CCCCC4)ccc3OC)s2)cc1. The second kappa shape index (κ2) is 11.1. The fourth-order valence-electron chi connectivity index (χ4n) is 3.92. The molecule has 1 amide bonds. The lowest BCUT2D eigenvalue weighted by molar-refractivity contribution is -0.116. The molecule has 1 saturated heterocycles. The van der Waals surface area contributed by atoms with E-state index in [-0.39, 0.29) is 17.2 Å². The topological polar surface area (TPSA) is 111 Å². The summed E-state index contributed by atoms with van der Waals surface area (Å²) < 4.78 is 38.2. The molecule has 3 aromatic rings. The van der Waals surface area contributed by atoms with Crippen molar-refractivity contribution in [2.45, 2.75) is 37.0 Å². The third-order valence-corrected chi connectivity index (χ3v) is 8.62. The number of piperidine rings is 1. The van der Waals surface area contributed by atoms with Gasteiger partial charge in [0.2, 0.25) is 21.1 Å². The number of sulfonamides is 1. The Bertz CT molecular complexity index is 1270. The van der Waals surface area contributed by atoms with Gasteiger partial charge in [0.15, 0.2) is 0 Å². The number of nitrogens with zero attached hydrogens (tertiary/aromatic N) is 3. The summed E-state index contributed by atoms with van der Waals surface area (Å²) in [6, 6.07) is 12.3. The molecule has 9 nitrogen and oxygen atoms in total. The van der Waals surface area contributed by atoms with Crippen LogP contribution in [0.1, 0.15) is 31.2 Å². The first-order valence-electron chi connectivity index (χ1n) is 11.4. The van der Waals surface area contributed by atoms with Crippen LogP contribution >= 0.6 is 11.3 Å². The highest BCUT2D eigenvalue weighted by molar-refractivity contribution is 7.89. The van der Waals surface area contributed by atoms with Crippen LogP contribution in [0.5, 0.6) is 11.5 Å². The van der Waals surface area contributed by atoms with Gasteiger partial charge in [0.05, 0.1) is 19.1 Å². The lowest BCUT2D eigenvalue weighted by atomic mass is 10.1. The van der Waals surface area contributed by atoms with Crippen LogP contribution in [0.2, 0.25) is 0 Å². The molecule has 0 atom stereocenters. The number of aromatic nitrogens is 2. The van der Waals surface area contributed by atoms with Crippen molar-refractivity contribution in [3.05, 3.63) is 48.0 Å². The van der Waals surface area contributed by atoms with Crippen LogP contribution in [0.3, 0.4) is 0 Å². The number of carbonyl (C=O) groups excluding carboxylic acids is 1. The van der Waals surface area contributed by atoms with Gasteiger partial charge in [0, 0.05) is 25.1 Å². The molecule has 35 heavy (non-hydrogen) atoms. The average molecular weight is 517 g/mol. The van der Waals surface area contributed by atoms with Gasteiger partial charge in [-0.2, -0.15) is 4.31 Å². The van der Waals surface area contributed by atoms with E-state index < -0.39 is 10.0 Å². The fraction of sp³-hybridized carbons (Fsp3) is 0.375. The minimum Gasteiger partial charge on any atom is -0.497 e. The van der Waals surface area contributed by atoms with Crippen LogP contribution in [0.15, 0.2) is 47.4 Å². The van der Waals surface area contributed by atoms with Crippen molar-refractivity contribution in [2.75, 3.05) is 32.6 Å². The first-order chi connectivity index (χ1) is 16.9. The van der Waals surface area contributed by atoms with Gasteiger partial charge >= 0.3 is 0 Å². The molecule has 0 bridgehead atoms. The largest absolute Gasteiger partial charge is 0.497 e. The molecular formula is C24H28N4O5S2. The van der Waals surface area contributed by atoms with Crippen LogP contribution in [0.4, 0.5) is 5.13 Å². The van der Waals surface area contributed by atoms with E-state index in [0.717, 1.165) is 30.6 Å². The van der Waals surface area contributed by atoms with Gasteiger partial charge < -0.3 is 14.8 Å². The lowest BCUT2D eigenvalue weighted by Gasteiger charge is -2.26. The van der Waals surface area contributed by atoms with E-state index in [1.165, 1.54) is 22.8 Å². The van der Waals surface area contributed by atoms with E-state index in [2.05, 4.69) is 15.5 Å². The number of ether oxygens (including phenoxy) is 2. The van der Waals surface area contributed by atoms with E-state index >= 15 is 0 Å². The van der Waals surface area contributed by atoms with Crippen LogP contribution in [0, 0.1) is 0 Å². The Kier molecular flexibility index (Phi) is 7.99. The van der Waals surface area contributed by atoms with Gasteiger partial charge in [-0.05, 0) is 67.3 Å². The van der Waals surface area contributed by atoms with Crippen LogP contribution in [-0.2, 0) is 21.2 Å². The first-order valence-corrected chi connectivity index (χ1v) is 13.6. The van der Waals surface area contributed by atoms with Crippen molar-refractivity contribution in [2.24, 2.45) is 0 Å². The van der Waals surface area contributed by atoms with Crippen LogP contribution < -0.4 is 14.8 Å². The summed E-state index contributed by atoms with van der Waals surface area (Å²) in [5, 5.41) is 12.1. The molecule has 4 rings (SSSR count).